The summed E-state index contributed by atoms with van der Waals surface area (Å²) in [5.41, 5.74) is 0.148. The quantitative estimate of drug-likeness (QED) is 0.773. The molecule has 0 atom stereocenters. The molecule has 0 saturated heterocycles. The third-order valence-corrected chi connectivity index (χ3v) is 3.47. The molecule has 1 aliphatic rings. The van der Waals surface area contributed by atoms with Gasteiger partial charge in [-0.2, -0.15) is 0 Å². The Morgan fingerprint density at radius 3 is 2.63 bits per heavy atom. The van der Waals surface area contributed by atoms with Crippen LogP contribution in [0.1, 0.15) is 18.4 Å². The maximum absolute atomic E-state index is 11.6. The molecule has 3 N–H and O–H groups in total. The smallest absolute Gasteiger partial charge is 0.315 e. The van der Waals surface area contributed by atoms with E-state index >= 15 is 0 Å². The highest BCUT2D eigenvalue weighted by Gasteiger charge is 2.50. The normalized spacial score (nSPS) is 15.6. The lowest BCUT2D eigenvalue weighted by Crippen LogP contribution is -2.40. The minimum Gasteiger partial charge on any atom is -0.481 e. The molecule has 102 valence electrons. The van der Waals surface area contributed by atoms with Gasteiger partial charge in [-0.25, -0.2) is 4.79 Å². The van der Waals surface area contributed by atoms with Crippen molar-refractivity contribution in [2.24, 2.45) is 5.41 Å². The summed E-state index contributed by atoms with van der Waals surface area (Å²) in [4.78, 5) is 22.5. The summed E-state index contributed by atoms with van der Waals surface area (Å²) in [5.74, 6) is -0.845. The first-order valence-electron chi connectivity index (χ1n) is 6.01. The van der Waals surface area contributed by atoms with E-state index in [1.165, 1.54) is 0 Å². The van der Waals surface area contributed by atoms with E-state index in [1.807, 2.05) is 6.07 Å². The highest BCUT2D eigenvalue weighted by Crippen LogP contribution is 2.45. The van der Waals surface area contributed by atoms with E-state index in [0.717, 1.165) is 5.56 Å². The molecule has 1 fully saturated rings. The number of carboxylic acid groups (broad SMARTS) is 1. The van der Waals surface area contributed by atoms with Crippen molar-refractivity contribution in [1.82, 2.24) is 10.6 Å². The van der Waals surface area contributed by atoms with E-state index < -0.39 is 11.4 Å². The second kappa shape index (κ2) is 5.48. The lowest BCUT2D eigenvalue weighted by Gasteiger charge is -2.12. The molecule has 1 aromatic rings. The van der Waals surface area contributed by atoms with Crippen molar-refractivity contribution in [2.75, 3.05) is 6.54 Å². The molecule has 1 aromatic carbocycles. The first-order valence-corrected chi connectivity index (χ1v) is 6.39. The van der Waals surface area contributed by atoms with Crippen LogP contribution < -0.4 is 10.6 Å². The monoisotopic (exact) mass is 282 g/mol. The van der Waals surface area contributed by atoms with Gasteiger partial charge in [-0.3, -0.25) is 4.79 Å². The molecule has 19 heavy (non-hydrogen) atoms. The van der Waals surface area contributed by atoms with E-state index in [9.17, 15) is 9.59 Å². The van der Waals surface area contributed by atoms with Crippen LogP contribution in [0.15, 0.2) is 24.3 Å². The molecule has 6 heteroatoms. The zero-order chi connectivity index (χ0) is 13.9. The van der Waals surface area contributed by atoms with E-state index in [2.05, 4.69) is 10.6 Å². The Kier molecular flexibility index (Phi) is 3.95. The molecule has 2 rings (SSSR count). The van der Waals surface area contributed by atoms with Crippen LogP contribution in [0.25, 0.3) is 0 Å². The number of aliphatic carboxylic acids is 1. The van der Waals surface area contributed by atoms with E-state index in [1.54, 1.807) is 18.2 Å². The van der Waals surface area contributed by atoms with Crippen molar-refractivity contribution in [3.8, 4) is 0 Å². The van der Waals surface area contributed by atoms with Crippen molar-refractivity contribution < 1.29 is 14.7 Å². The average molecular weight is 283 g/mol. The lowest BCUT2D eigenvalue weighted by atomic mass is 10.1. The van der Waals surface area contributed by atoms with E-state index in [-0.39, 0.29) is 12.6 Å². The van der Waals surface area contributed by atoms with Crippen molar-refractivity contribution >= 4 is 23.6 Å². The first-order chi connectivity index (χ1) is 9.02. The van der Waals surface area contributed by atoms with Crippen LogP contribution in [-0.2, 0) is 11.3 Å². The highest BCUT2D eigenvalue weighted by molar-refractivity contribution is 6.30. The van der Waals surface area contributed by atoms with Gasteiger partial charge in [0.15, 0.2) is 0 Å². The maximum atomic E-state index is 11.6. The van der Waals surface area contributed by atoms with Crippen LogP contribution in [0.3, 0.4) is 0 Å². The summed E-state index contributed by atoms with van der Waals surface area (Å²) < 4.78 is 0. The van der Waals surface area contributed by atoms with Crippen molar-refractivity contribution in [2.45, 2.75) is 19.4 Å². The van der Waals surface area contributed by atoms with Gasteiger partial charge in [0.1, 0.15) is 0 Å². The molecule has 0 aromatic heterocycles. The molecular weight excluding hydrogens is 268 g/mol. The molecule has 0 unspecified atom stereocenters. The van der Waals surface area contributed by atoms with E-state index in [0.29, 0.717) is 24.4 Å². The number of amides is 2. The van der Waals surface area contributed by atoms with Gasteiger partial charge in [0.25, 0.3) is 0 Å². The number of urea groups is 1. The molecular formula is C13H15ClN2O3. The highest BCUT2D eigenvalue weighted by atomic mass is 35.5. The minimum atomic E-state index is -0.845. The SMILES string of the molecule is O=C(NCc1cccc(Cl)c1)NCC1(C(=O)O)CC1. The maximum Gasteiger partial charge on any atom is 0.315 e. The summed E-state index contributed by atoms with van der Waals surface area (Å²) in [6.07, 6.45) is 1.24. The number of nitrogens with one attached hydrogen (secondary N) is 2. The first kappa shape index (κ1) is 13.7. The number of hydrogen-bond donors (Lipinski definition) is 3. The molecule has 0 radical (unpaired) electrons. The van der Waals surface area contributed by atoms with Crippen LogP contribution in [0.5, 0.6) is 0 Å². The molecule has 1 saturated carbocycles. The number of carbonyl (C=O) groups excluding carboxylic acids is 1. The summed E-state index contributed by atoms with van der Waals surface area (Å²) in [6.45, 7) is 0.524. The van der Waals surface area contributed by atoms with Gasteiger partial charge in [0, 0.05) is 18.1 Å². The Bertz CT molecular complexity index is 500. The molecule has 5 nitrogen and oxygen atoms in total. The zero-order valence-corrected chi connectivity index (χ0v) is 11.0. The third-order valence-electron chi connectivity index (χ3n) is 3.24. The number of carbonyl (C=O) groups is 2. The summed E-state index contributed by atoms with van der Waals surface area (Å²) in [6, 6.07) is 6.82. The van der Waals surface area contributed by atoms with Crippen LogP contribution >= 0.6 is 11.6 Å². The van der Waals surface area contributed by atoms with Gasteiger partial charge in [-0.15, -0.1) is 0 Å². The zero-order valence-electron chi connectivity index (χ0n) is 10.3. The second-order valence-electron chi connectivity index (χ2n) is 4.75. The fourth-order valence-electron chi connectivity index (χ4n) is 1.76. The van der Waals surface area contributed by atoms with Crippen LogP contribution in [0.4, 0.5) is 4.79 Å². The number of carboxylic acids is 1. The molecule has 0 heterocycles. The van der Waals surface area contributed by atoms with Gasteiger partial charge >= 0.3 is 12.0 Å². The summed E-state index contributed by atoms with van der Waals surface area (Å²) in [7, 11) is 0. The molecule has 2 amide bonds. The predicted octanol–water partition coefficient (Wildman–Crippen LogP) is 2.00. The van der Waals surface area contributed by atoms with E-state index in [4.69, 9.17) is 16.7 Å². The summed E-state index contributed by atoms with van der Waals surface area (Å²) in [5, 5.41) is 14.8. The fourth-order valence-corrected chi connectivity index (χ4v) is 1.97. The third kappa shape index (κ3) is 3.61. The molecule has 0 spiro atoms. The van der Waals surface area contributed by atoms with Crippen LogP contribution in [-0.4, -0.2) is 23.7 Å². The standard InChI is InChI=1S/C13H15ClN2O3/c14-10-3-1-2-9(6-10)7-15-12(19)16-8-13(4-5-13)11(17)18/h1-3,6H,4-5,7-8H2,(H,17,18)(H2,15,16,19). The van der Waals surface area contributed by atoms with Gasteiger partial charge in [0.05, 0.1) is 5.41 Å². The number of benzene rings is 1. The molecule has 0 bridgehead atoms. The predicted molar refractivity (Wildman–Crippen MR) is 71.0 cm³/mol. The minimum absolute atomic E-state index is 0.170. The van der Waals surface area contributed by atoms with Crippen molar-refractivity contribution in [1.29, 1.82) is 0 Å². The van der Waals surface area contributed by atoms with Gasteiger partial charge in [0.2, 0.25) is 0 Å². The van der Waals surface area contributed by atoms with Crippen molar-refractivity contribution in [3.05, 3.63) is 34.9 Å². The Hall–Kier alpha value is -1.75. The largest absolute Gasteiger partial charge is 0.481 e. The van der Waals surface area contributed by atoms with Gasteiger partial charge in [-0.1, -0.05) is 23.7 Å². The Morgan fingerprint density at radius 1 is 1.32 bits per heavy atom. The van der Waals surface area contributed by atoms with Crippen molar-refractivity contribution in [3.63, 3.8) is 0 Å². The number of halogens is 1. The topological polar surface area (TPSA) is 78.4 Å². The van der Waals surface area contributed by atoms with Crippen LogP contribution in [0.2, 0.25) is 5.02 Å². The fraction of sp³-hybridized carbons (Fsp3) is 0.385. The van der Waals surface area contributed by atoms with Gasteiger partial charge < -0.3 is 15.7 Å². The Labute approximate surface area is 116 Å². The number of rotatable bonds is 5. The average Bonchev–Trinajstić information content (AvgIpc) is 3.15. The lowest BCUT2D eigenvalue weighted by molar-refractivity contribution is -0.143. The Balaban J connectivity index is 1.75. The molecule has 0 aliphatic heterocycles. The number of hydrogen-bond acceptors (Lipinski definition) is 2. The molecule has 1 aliphatic carbocycles. The second-order valence-corrected chi connectivity index (χ2v) is 5.19. The Morgan fingerprint density at radius 2 is 2.05 bits per heavy atom. The van der Waals surface area contributed by atoms with Gasteiger partial charge in [-0.05, 0) is 30.5 Å². The van der Waals surface area contributed by atoms with Crippen LogP contribution in [0, 0.1) is 5.41 Å². The summed E-state index contributed by atoms with van der Waals surface area (Å²) >= 11 is 5.83.